The van der Waals surface area contributed by atoms with Crippen LogP contribution in [0.5, 0.6) is 0 Å². The molecule has 0 saturated heterocycles. The van der Waals surface area contributed by atoms with Crippen molar-refractivity contribution in [2.24, 2.45) is 0 Å². The minimum atomic E-state index is 0.0185. The van der Waals surface area contributed by atoms with Crippen LogP contribution in [0.1, 0.15) is 22.3 Å². The first-order valence-electron chi connectivity index (χ1n) is 9.11. The van der Waals surface area contributed by atoms with E-state index < -0.39 is 0 Å². The van der Waals surface area contributed by atoms with E-state index in [4.69, 9.17) is 8.33 Å². The molecule has 7 heteroatoms. The Morgan fingerprint density at radius 1 is 1.25 bits per heavy atom. The van der Waals surface area contributed by atoms with E-state index >= 15 is 0 Å². The fraction of sp³-hybridized carbons (Fsp3) is 0.333. The van der Waals surface area contributed by atoms with Crippen molar-refractivity contribution in [3.05, 3.63) is 64.7 Å². The highest BCUT2D eigenvalue weighted by molar-refractivity contribution is 14.1. The standard InChI is InChI=1S/C21H23IN4O2/c1-16-11-17(12-23)7-8-20(16)25(9-10-28-22)15-21(27)24(2)26-13-18-5-3-4-6-19(18)14-26/h3-8,11H,9-10,13-15H2,1-2H3. The molecule has 1 aliphatic heterocycles. The fourth-order valence-electron chi connectivity index (χ4n) is 3.46. The number of amides is 1. The van der Waals surface area contributed by atoms with Crippen LogP contribution in [0.3, 0.4) is 0 Å². The first-order chi connectivity index (χ1) is 13.5. The maximum Gasteiger partial charge on any atom is 0.256 e. The lowest BCUT2D eigenvalue weighted by Gasteiger charge is -2.32. The van der Waals surface area contributed by atoms with Gasteiger partial charge in [0.05, 0.1) is 24.8 Å². The molecule has 3 rings (SSSR count). The van der Waals surface area contributed by atoms with E-state index in [1.54, 1.807) is 11.1 Å². The number of nitriles is 1. The zero-order valence-electron chi connectivity index (χ0n) is 16.1. The molecule has 0 saturated carbocycles. The number of hydrazine groups is 1. The van der Waals surface area contributed by atoms with Gasteiger partial charge in [-0.05, 0) is 41.8 Å². The van der Waals surface area contributed by atoms with Gasteiger partial charge in [0.1, 0.15) is 23.0 Å². The Kier molecular flexibility index (Phi) is 6.88. The average molecular weight is 490 g/mol. The van der Waals surface area contributed by atoms with Gasteiger partial charge in [-0.15, -0.1) is 0 Å². The number of carbonyl (C=O) groups excluding carboxylic acids is 1. The van der Waals surface area contributed by atoms with Gasteiger partial charge >= 0.3 is 0 Å². The summed E-state index contributed by atoms with van der Waals surface area (Å²) in [6, 6.07) is 16.0. The van der Waals surface area contributed by atoms with Gasteiger partial charge in [-0.3, -0.25) is 9.80 Å². The van der Waals surface area contributed by atoms with Crippen molar-refractivity contribution >= 4 is 34.6 Å². The third-order valence-corrected chi connectivity index (χ3v) is 5.48. The third kappa shape index (κ3) is 4.63. The van der Waals surface area contributed by atoms with Gasteiger partial charge in [0, 0.05) is 32.4 Å². The van der Waals surface area contributed by atoms with Crippen LogP contribution < -0.4 is 4.90 Å². The van der Waals surface area contributed by atoms with Gasteiger partial charge in [0.15, 0.2) is 0 Å². The Balaban J connectivity index is 1.72. The van der Waals surface area contributed by atoms with Crippen molar-refractivity contribution in [3.8, 4) is 6.07 Å². The van der Waals surface area contributed by atoms with E-state index in [1.807, 2.05) is 66.1 Å². The summed E-state index contributed by atoms with van der Waals surface area (Å²) >= 11 is 1.87. The van der Waals surface area contributed by atoms with Crippen molar-refractivity contribution in [3.63, 3.8) is 0 Å². The Labute approximate surface area is 179 Å². The predicted octanol–water partition coefficient (Wildman–Crippen LogP) is 3.43. The van der Waals surface area contributed by atoms with E-state index in [2.05, 4.69) is 23.2 Å². The number of hydrogen-bond acceptors (Lipinski definition) is 5. The molecule has 0 aromatic heterocycles. The van der Waals surface area contributed by atoms with Crippen LogP contribution in [0.2, 0.25) is 0 Å². The predicted molar refractivity (Wildman–Crippen MR) is 117 cm³/mol. The molecule has 0 radical (unpaired) electrons. The number of fused-ring (bicyclic) bond motifs is 1. The molecule has 0 fully saturated rings. The van der Waals surface area contributed by atoms with E-state index in [0.717, 1.165) is 24.3 Å². The minimum absolute atomic E-state index is 0.0185. The summed E-state index contributed by atoms with van der Waals surface area (Å²) in [6.45, 7) is 4.79. The molecule has 0 atom stereocenters. The number of hydrogen-bond donors (Lipinski definition) is 0. The van der Waals surface area contributed by atoms with Crippen LogP contribution >= 0.6 is 23.0 Å². The van der Waals surface area contributed by atoms with Crippen molar-refractivity contribution in [2.45, 2.75) is 20.0 Å². The van der Waals surface area contributed by atoms with E-state index in [-0.39, 0.29) is 12.5 Å². The van der Waals surface area contributed by atoms with E-state index in [1.165, 1.54) is 11.1 Å². The highest BCUT2D eigenvalue weighted by Crippen LogP contribution is 2.24. The number of aryl methyl sites for hydroxylation is 1. The first kappa shape index (κ1) is 20.6. The minimum Gasteiger partial charge on any atom is -0.360 e. The summed E-state index contributed by atoms with van der Waals surface area (Å²) in [5.74, 6) is 0.0185. The Bertz CT molecular complexity index is 871. The molecular formula is C21H23IN4O2. The van der Waals surface area contributed by atoms with Gasteiger partial charge in [-0.25, -0.2) is 5.01 Å². The molecule has 146 valence electrons. The van der Waals surface area contributed by atoms with Crippen LogP contribution in [-0.4, -0.2) is 42.7 Å². The molecule has 28 heavy (non-hydrogen) atoms. The molecule has 1 aliphatic rings. The van der Waals surface area contributed by atoms with Crippen LogP contribution in [0.25, 0.3) is 0 Å². The lowest BCUT2D eigenvalue weighted by molar-refractivity contribution is -0.145. The topological polar surface area (TPSA) is 59.8 Å². The van der Waals surface area contributed by atoms with Gasteiger partial charge in [-0.2, -0.15) is 5.26 Å². The lowest BCUT2D eigenvalue weighted by Crippen LogP contribution is -2.46. The molecule has 2 aromatic rings. The quantitative estimate of drug-likeness (QED) is 0.557. The van der Waals surface area contributed by atoms with Gasteiger partial charge in [0.25, 0.3) is 5.91 Å². The number of halogens is 1. The summed E-state index contributed by atoms with van der Waals surface area (Å²) < 4.78 is 5.20. The number of anilines is 1. The first-order valence-corrected chi connectivity index (χ1v) is 9.99. The van der Waals surface area contributed by atoms with Crippen LogP contribution in [0.15, 0.2) is 42.5 Å². The van der Waals surface area contributed by atoms with Crippen LogP contribution in [0.4, 0.5) is 5.69 Å². The van der Waals surface area contributed by atoms with Crippen LogP contribution in [0, 0.1) is 18.3 Å². The molecule has 1 heterocycles. The lowest BCUT2D eigenvalue weighted by atomic mass is 10.1. The SMILES string of the molecule is Cc1cc(C#N)ccc1N(CCOI)CC(=O)N(C)N1Cc2ccccc2C1. The van der Waals surface area contributed by atoms with Gasteiger partial charge in [0.2, 0.25) is 0 Å². The summed E-state index contributed by atoms with van der Waals surface area (Å²) in [6.07, 6.45) is 0. The molecular weight excluding hydrogens is 467 g/mol. The molecule has 1 amide bonds. The molecule has 0 aliphatic carbocycles. The molecule has 0 N–H and O–H groups in total. The van der Waals surface area contributed by atoms with Crippen molar-refractivity contribution in [1.82, 2.24) is 10.0 Å². The summed E-state index contributed by atoms with van der Waals surface area (Å²) in [5, 5.41) is 12.9. The Morgan fingerprint density at radius 3 is 2.50 bits per heavy atom. The number of rotatable bonds is 7. The number of benzene rings is 2. The third-order valence-electron chi connectivity index (χ3n) is 5.04. The number of carbonyl (C=O) groups is 1. The molecule has 2 aromatic carbocycles. The van der Waals surface area contributed by atoms with E-state index in [0.29, 0.717) is 18.7 Å². The number of likely N-dealkylation sites (N-methyl/N-ethyl adjacent to an activating group) is 1. The zero-order chi connectivity index (χ0) is 20.1. The maximum absolute atomic E-state index is 13.0. The Morgan fingerprint density at radius 2 is 1.93 bits per heavy atom. The molecule has 0 unspecified atom stereocenters. The molecule has 0 bridgehead atoms. The largest absolute Gasteiger partial charge is 0.360 e. The summed E-state index contributed by atoms with van der Waals surface area (Å²) in [7, 11) is 1.83. The van der Waals surface area contributed by atoms with Crippen molar-refractivity contribution in [2.75, 3.05) is 31.6 Å². The van der Waals surface area contributed by atoms with Gasteiger partial charge in [-0.1, -0.05) is 24.3 Å². The Hall–Kier alpha value is -2.15. The highest BCUT2D eigenvalue weighted by atomic mass is 127. The summed E-state index contributed by atoms with van der Waals surface area (Å²) in [5.41, 5.74) is 5.06. The second-order valence-electron chi connectivity index (χ2n) is 6.86. The maximum atomic E-state index is 13.0. The molecule has 0 spiro atoms. The second kappa shape index (κ2) is 9.37. The van der Waals surface area contributed by atoms with Gasteiger partial charge < -0.3 is 7.97 Å². The normalized spacial score (nSPS) is 13.1. The average Bonchev–Trinajstić information content (AvgIpc) is 3.14. The monoisotopic (exact) mass is 490 g/mol. The smallest absolute Gasteiger partial charge is 0.256 e. The molecule has 6 nitrogen and oxygen atoms in total. The van der Waals surface area contributed by atoms with Crippen molar-refractivity contribution < 1.29 is 7.86 Å². The fourth-order valence-corrected chi connectivity index (χ4v) is 3.66. The number of nitrogens with zero attached hydrogens (tertiary/aromatic N) is 4. The van der Waals surface area contributed by atoms with Crippen molar-refractivity contribution in [1.29, 1.82) is 5.26 Å². The van der Waals surface area contributed by atoms with E-state index in [9.17, 15) is 4.79 Å². The summed E-state index contributed by atoms with van der Waals surface area (Å²) in [4.78, 5) is 15.0. The zero-order valence-corrected chi connectivity index (χ0v) is 18.2. The highest BCUT2D eigenvalue weighted by Gasteiger charge is 2.26. The second-order valence-corrected chi connectivity index (χ2v) is 7.48. The van der Waals surface area contributed by atoms with Crippen LogP contribution in [-0.2, 0) is 21.0 Å².